The van der Waals surface area contributed by atoms with Crippen molar-refractivity contribution < 1.29 is 18.8 Å². The predicted molar refractivity (Wildman–Crippen MR) is 80.0 cm³/mol. The van der Waals surface area contributed by atoms with Gasteiger partial charge in [0.2, 0.25) is 11.9 Å². The monoisotopic (exact) mass is 322 g/mol. The standard InChI is InChI=1S/C16H19FN2O4/c17-12-3-1-2-11(8-12)16(4-6-23-7-5-16)10-18-15(20)13-9-14(13)19(21)22/h1-3,8,13-14H,4-7,9-10H2,(H,18,20). The Morgan fingerprint density at radius 3 is 2.78 bits per heavy atom. The topological polar surface area (TPSA) is 81.5 Å². The highest BCUT2D eigenvalue weighted by Gasteiger charge is 2.53. The minimum absolute atomic E-state index is 0.283. The average Bonchev–Trinajstić information content (AvgIpc) is 3.34. The number of ether oxygens (including phenoxy) is 1. The molecule has 124 valence electrons. The smallest absolute Gasteiger partial charge is 0.230 e. The second kappa shape index (κ2) is 6.23. The zero-order valence-electron chi connectivity index (χ0n) is 12.7. The highest BCUT2D eigenvalue weighted by Crippen LogP contribution is 2.36. The normalized spacial score (nSPS) is 25.6. The Morgan fingerprint density at radius 2 is 2.17 bits per heavy atom. The molecule has 2 fully saturated rings. The first-order valence-electron chi connectivity index (χ1n) is 7.77. The number of hydrogen-bond donors (Lipinski definition) is 1. The van der Waals surface area contributed by atoms with E-state index < -0.39 is 16.9 Å². The van der Waals surface area contributed by atoms with E-state index in [1.165, 1.54) is 12.1 Å². The maximum Gasteiger partial charge on any atom is 0.230 e. The van der Waals surface area contributed by atoms with E-state index in [-0.39, 0.29) is 17.1 Å². The van der Waals surface area contributed by atoms with E-state index in [4.69, 9.17) is 4.74 Å². The van der Waals surface area contributed by atoms with Gasteiger partial charge >= 0.3 is 0 Å². The van der Waals surface area contributed by atoms with E-state index in [9.17, 15) is 19.3 Å². The molecule has 1 aromatic carbocycles. The van der Waals surface area contributed by atoms with Crippen molar-refractivity contribution >= 4 is 5.91 Å². The van der Waals surface area contributed by atoms with Gasteiger partial charge in [-0.2, -0.15) is 0 Å². The van der Waals surface area contributed by atoms with Crippen LogP contribution in [0.1, 0.15) is 24.8 Å². The summed E-state index contributed by atoms with van der Waals surface area (Å²) in [6, 6.07) is 5.65. The van der Waals surface area contributed by atoms with Crippen LogP contribution < -0.4 is 5.32 Å². The van der Waals surface area contributed by atoms with Crippen molar-refractivity contribution in [3.05, 3.63) is 45.8 Å². The molecule has 6 nitrogen and oxygen atoms in total. The first-order chi connectivity index (χ1) is 11.0. The number of carbonyl (C=O) groups is 1. The van der Waals surface area contributed by atoms with Gasteiger partial charge in [-0.05, 0) is 30.5 Å². The third-order valence-corrected chi connectivity index (χ3v) is 4.85. The number of amides is 1. The molecule has 1 saturated carbocycles. The van der Waals surface area contributed by atoms with Gasteiger partial charge in [0.1, 0.15) is 11.7 Å². The van der Waals surface area contributed by atoms with Gasteiger partial charge in [0.15, 0.2) is 0 Å². The van der Waals surface area contributed by atoms with Crippen LogP contribution in [0.25, 0.3) is 0 Å². The van der Waals surface area contributed by atoms with Gasteiger partial charge in [0, 0.05) is 36.5 Å². The number of nitro groups is 1. The number of nitrogens with zero attached hydrogens (tertiary/aromatic N) is 1. The van der Waals surface area contributed by atoms with Crippen LogP contribution in [0.3, 0.4) is 0 Å². The first kappa shape index (κ1) is 15.9. The lowest BCUT2D eigenvalue weighted by molar-refractivity contribution is -0.497. The average molecular weight is 322 g/mol. The molecule has 1 amide bonds. The fourth-order valence-corrected chi connectivity index (χ4v) is 3.23. The van der Waals surface area contributed by atoms with Crippen LogP contribution in [0.2, 0.25) is 0 Å². The number of carbonyl (C=O) groups excluding carboxylic acids is 1. The van der Waals surface area contributed by atoms with Crippen LogP contribution in [0, 0.1) is 21.8 Å². The minimum Gasteiger partial charge on any atom is -0.381 e. The summed E-state index contributed by atoms with van der Waals surface area (Å²) in [6.07, 6.45) is 1.66. The van der Waals surface area contributed by atoms with Gasteiger partial charge in [0.25, 0.3) is 0 Å². The highest BCUT2D eigenvalue weighted by atomic mass is 19.1. The van der Waals surface area contributed by atoms with Crippen LogP contribution in [-0.4, -0.2) is 36.6 Å². The second-order valence-corrected chi connectivity index (χ2v) is 6.32. The Bertz CT molecular complexity index is 616. The molecular weight excluding hydrogens is 303 g/mol. The highest BCUT2D eigenvalue weighted by molar-refractivity contribution is 5.82. The van der Waals surface area contributed by atoms with Crippen LogP contribution in [0.4, 0.5) is 4.39 Å². The SMILES string of the molecule is O=C(NCC1(c2cccc(F)c2)CCOCC1)C1CC1[N+](=O)[O-]. The van der Waals surface area contributed by atoms with Gasteiger partial charge in [-0.3, -0.25) is 14.9 Å². The molecule has 1 N–H and O–H groups in total. The van der Waals surface area contributed by atoms with Crippen molar-refractivity contribution in [2.45, 2.75) is 30.7 Å². The van der Waals surface area contributed by atoms with Crippen molar-refractivity contribution in [2.24, 2.45) is 5.92 Å². The van der Waals surface area contributed by atoms with Crippen molar-refractivity contribution in [1.29, 1.82) is 0 Å². The molecule has 2 aliphatic rings. The molecule has 2 unspecified atom stereocenters. The first-order valence-corrected chi connectivity index (χ1v) is 7.77. The van der Waals surface area contributed by atoms with Gasteiger partial charge in [-0.1, -0.05) is 12.1 Å². The Balaban J connectivity index is 1.70. The molecule has 1 aliphatic carbocycles. The summed E-state index contributed by atoms with van der Waals surface area (Å²) in [5, 5.41) is 13.5. The number of halogens is 1. The van der Waals surface area contributed by atoms with Crippen LogP contribution >= 0.6 is 0 Å². The van der Waals surface area contributed by atoms with Gasteiger partial charge in [-0.15, -0.1) is 0 Å². The summed E-state index contributed by atoms with van der Waals surface area (Å²) in [5.41, 5.74) is 0.456. The molecule has 0 aromatic heterocycles. The summed E-state index contributed by atoms with van der Waals surface area (Å²) >= 11 is 0. The Labute approximate surface area is 133 Å². The lowest BCUT2D eigenvalue weighted by atomic mass is 9.74. The Kier molecular flexibility index (Phi) is 4.30. The lowest BCUT2D eigenvalue weighted by Crippen LogP contribution is -2.45. The molecule has 1 saturated heterocycles. The number of benzene rings is 1. The molecule has 0 radical (unpaired) electrons. The molecule has 3 rings (SSSR count). The third kappa shape index (κ3) is 3.34. The van der Waals surface area contributed by atoms with Crippen LogP contribution in [0.15, 0.2) is 24.3 Å². The minimum atomic E-state index is -0.755. The number of rotatable bonds is 5. The lowest BCUT2D eigenvalue weighted by Gasteiger charge is -2.38. The van der Waals surface area contributed by atoms with Gasteiger partial charge in [-0.25, -0.2) is 4.39 Å². The van der Waals surface area contributed by atoms with E-state index in [0.29, 0.717) is 39.0 Å². The van der Waals surface area contributed by atoms with E-state index in [1.807, 2.05) is 6.07 Å². The summed E-state index contributed by atoms with van der Waals surface area (Å²) in [6.45, 7) is 1.44. The number of hydrogen-bond acceptors (Lipinski definition) is 4. The van der Waals surface area contributed by atoms with Crippen molar-refractivity contribution in [1.82, 2.24) is 5.32 Å². The zero-order chi connectivity index (χ0) is 16.4. The molecule has 1 aliphatic heterocycles. The van der Waals surface area contributed by atoms with E-state index in [0.717, 1.165) is 5.56 Å². The van der Waals surface area contributed by atoms with E-state index >= 15 is 0 Å². The Morgan fingerprint density at radius 1 is 1.43 bits per heavy atom. The largest absolute Gasteiger partial charge is 0.381 e. The van der Waals surface area contributed by atoms with Gasteiger partial charge < -0.3 is 10.1 Å². The summed E-state index contributed by atoms with van der Waals surface area (Å²) in [7, 11) is 0. The van der Waals surface area contributed by atoms with Crippen molar-refractivity contribution in [2.75, 3.05) is 19.8 Å². The summed E-state index contributed by atoms with van der Waals surface area (Å²) in [5.74, 6) is -1.13. The van der Waals surface area contributed by atoms with E-state index in [2.05, 4.69) is 5.32 Å². The Hall–Kier alpha value is -2.02. The molecule has 1 aromatic rings. The van der Waals surface area contributed by atoms with Crippen molar-refractivity contribution in [3.63, 3.8) is 0 Å². The summed E-state index contributed by atoms with van der Waals surface area (Å²) in [4.78, 5) is 22.4. The summed E-state index contributed by atoms with van der Waals surface area (Å²) < 4.78 is 19.0. The predicted octanol–water partition coefficient (Wildman–Crippen LogP) is 1.66. The third-order valence-electron chi connectivity index (χ3n) is 4.85. The van der Waals surface area contributed by atoms with Crippen molar-refractivity contribution in [3.8, 4) is 0 Å². The van der Waals surface area contributed by atoms with Crippen LogP contribution in [-0.2, 0) is 14.9 Å². The maximum absolute atomic E-state index is 13.6. The molecule has 2 atom stereocenters. The molecule has 1 heterocycles. The second-order valence-electron chi connectivity index (χ2n) is 6.32. The number of nitrogens with one attached hydrogen (secondary N) is 1. The fraction of sp³-hybridized carbons (Fsp3) is 0.562. The zero-order valence-corrected chi connectivity index (χ0v) is 12.7. The maximum atomic E-state index is 13.6. The fourth-order valence-electron chi connectivity index (χ4n) is 3.23. The molecular formula is C16H19FN2O4. The van der Waals surface area contributed by atoms with E-state index in [1.54, 1.807) is 6.07 Å². The quantitative estimate of drug-likeness (QED) is 0.660. The molecule has 23 heavy (non-hydrogen) atoms. The van der Waals surface area contributed by atoms with Gasteiger partial charge in [0.05, 0.1) is 0 Å². The van der Waals surface area contributed by atoms with Crippen LogP contribution in [0.5, 0.6) is 0 Å². The molecule has 0 bridgehead atoms. The molecule has 7 heteroatoms. The molecule has 0 spiro atoms.